The second kappa shape index (κ2) is 5.92. The molecule has 0 saturated carbocycles. The Balaban J connectivity index is 2.24. The van der Waals surface area contributed by atoms with Gasteiger partial charge in [-0.15, -0.1) is 11.3 Å². The lowest BCUT2D eigenvalue weighted by atomic mass is 10.3. The molecule has 0 fully saturated rings. The summed E-state index contributed by atoms with van der Waals surface area (Å²) in [6.45, 7) is 0. The number of anilines is 1. The molecule has 7 heteroatoms. The summed E-state index contributed by atoms with van der Waals surface area (Å²) in [5, 5.41) is 3.66. The summed E-state index contributed by atoms with van der Waals surface area (Å²) in [5.74, 6) is -0.229. The van der Waals surface area contributed by atoms with Crippen molar-refractivity contribution in [1.29, 1.82) is 0 Å². The van der Waals surface area contributed by atoms with Gasteiger partial charge in [0, 0.05) is 5.02 Å². The Hall–Kier alpha value is -0.0700. The fraction of sp³-hybridized carbons (Fsp3) is 0. The van der Waals surface area contributed by atoms with Crippen LogP contribution < -0.4 is 5.32 Å². The molecule has 0 atom stereocenters. The fourth-order valence-corrected chi connectivity index (χ4v) is 4.52. The van der Waals surface area contributed by atoms with Crippen molar-refractivity contribution in [2.75, 3.05) is 5.32 Å². The Kier molecular flexibility index (Phi) is 4.72. The van der Waals surface area contributed by atoms with E-state index in [0.717, 1.165) is 7.57 Å². The molecular weight excluding hydrogens is 425 g/mol. The Labute approximate surface area is 135 Å². The molecule has 0 spiro atoms. The number of carbonyl (C=O) groups excluding carboxylic acids is 1. The first-order valence-corrected chi connectivity index (χ1v) is 7.84. The van der Waals surface area contributed by atoms with Crippen LogP contribution in [0.4, 0.5) is 5.69 Å². The zero-order chi connectivity index (χ0) is 13.3. The van der Waals surface area contributed by atoms with Crippen molar-refractivity contribution in [3.05, 3.63) is 47.4 Å². The van der Waals surface area contributed by atoms with Crippen molar-refractivity contribution < 1.29 is 4.79 Å². The lowest BCUT2D eigenvalue weighted by Gasteiger charge is -2.06. The maximum Gasteiger partial charge on any atom is 0.257 e. The molecule has 1 heterocycles. The molecule has 0 aliphatic heterocycles. The highest BCUT2D eigenvalue weighted by Gasteiger charge is 2.14. The standard InChI is InChI=1S/C11H5Br2Cl2NOS/c12-9-4-6(10(13)18-9)11(17)16-8-2-1-5(14)3-7(8)15/h1-4H,(H,16,17). The lowest BCUT2D eigenvalue weighted by molar-refractivity contribution is 0.102. The number of halogens is 4. The molecule has 0 unspecified atom stereocenters. The topological polar surface area (TPSA) is 29.1 Å². The van der Waals surface area contributed by atoms with E-state index in [1.807, 2.05) is 0 Å². The SMILES string of the molecule is O=C(Nc1ccc(Cl)cc1Cl)c1cc(Br)sc1Br. The van der Waals surface area contributed by atoms with Crippen LogP contribution in [0.3, 0.4) is 0 Å². The Bertz CT molecular complexity index is 615. The molecule has 0 aliphatic rings. The summed E-state index contributed by atoms with van der Waals surface area (Å²) >= 11 is 19.9. The third-order valence-electron chi connectivity index (χ3n) is 2.08. The number of nitrogens with one attached hydrogen (secondary N) is 1. The first kappa shape index (κ1) is 14.3. The van der Waals surface area contributed by atoms with Gasteiger partial charge in [0.15, 0.2) is 0 Å². The number of rotatable bonds is 2. The van der Waals surface area contributed by atoms with E-state index in [1.165, 1.54) is 11.3 Å². The van der Waals surface area contributed by atoms with Crippen LogP contribution in [0, 0.1) is 0 Å². The Morgan fingerprint density at radius 1 is 1.22 bits per heavy atom. The normalized spacial score (nSPS) is 10.4. The van der Waals surface area contributed by atoms with E-state index in [2.05, 4.69) is 37.2 Å². The number of carbonyl (C=O) groups is 1. The minimum Gasteiger partial charge on any atom is -0.321 e. The van der Waals surface area contributed by atoms with Crippen molar-refractivity contribution in [2.24, 2.45) is 0 Å². The minimum absolute atomic E-state index is 0.229. The van der Waals surface area contributed by atoms with E-state index >= 15 is 0 Å². The Morgan fingerprint density at radius 3 is 2.50 bits per heavy atom. The molecule has 2 aromatic rings. The first-order chi connectivity index (χ1) is 8.47. The first-order valence-electron chi connectivity index (χ1n) is 4.68. The van der Waals surface area contributed by atoms with E-state index in [-0.39, 0.29) is 5.91 Å². The maximum absolute atomic E-state index is 12.0. The van der Waals surface area contributed by atoms with Gasteiger partial charge in [-0.2, -0.15) is 0 Å². The van der Waals surface area contributed by atoms with Gasteiger partial charge < -0.3 is 5.32 Å². The highest BCUT2D eigenvalue weighted by atomic mass is 79.9. The number of amides is 1. The fourth-order valence-electron chi connectivity index (χ4n) is 1.28. The van der Waals surface area contributed by atoms with Crippen molar-refractivity contribution >= 4 is 78.0 Å². The van der Waals surface area contributed by atoms with E-state index in [0.29, 0.717) is 21.3 Å². The van der Waals surface area contributed by atoms with Crippen LogP contribution in [0.1, 0.15) is 10.4 Å². The number of benzene rings is 1. The van der Waals surface area contributed by atoms with E-state index in [9.17, 15) is 4.79 Å². The van der Waals surface area contributed by atoms with Crippen molar-refractivity contribution in [3.8, 4) is 0 Å². The van der Waals surface area contributed by atoms with Crippen LogP contribution in [0.25, 0.3) is 0 Å². The molecule has 0 saturated heterocycles. The second-order valence-corrected chi connectivity index (χ2v) is 7.91. The Morgan fingerprint density at radius 2 is 1.94 bits per heavy atom. The van der Waals surface area contributed by atoms with Gasteiger partial charge in [0.25, 0.3) is 5.91 Å². The zero-order valence-electron chi connectivity index (χ0n) is 8.64. The summed E-state index contributed by atoms with van der Waals surface area (Å²) in [6, 6.07) is 6.66. The van der Waals surface area contributed by atoms with E-state index in [4.69, 9.17) is 23.2 Å². The quantitative estimate of drug-likeness (QED) is 0.639. The number of thiophene rings is 1. The number of hydrogen-bond donors (Lipinski definition) is 1. The van der Waals surface area contributed by atoms with Gasteiger partial charge in [0.1, 0.15) is 0 Å². The van der Waals surface area contributed by atoms with Gasteiger partial charge in [-0.05, 0) is 56.1 Å². The third-order valence-corrected chi connectivity index (χ3v) is 4.97. The second-order valence-electron chi connectivity index (χ2n) is 3.32. The summed E-state index contributed by atoms with van der Waals surface area (Å²) in [4.78, 5) is 12.0. The van der Waals surface area contributed by atoms with Gasteiger partial charge in [-0.3, -0.25) is 4.79 Å². The highest BCUT2D eigenvalue weighted by molar-refractivity contribution is 9.12. The molecule has 94 valence electrons. The van der Waals surface area contributed by atoms with Crippen LogP contribution in [0.5, 0.6) is 0 Å². The monoisotopic (exact) mass is 427 g/mol. The van der Waals surface area contributed by atoms with Crippen LogP contribution in [-0.4, -0.2) is 5.91 Å². The molecule has 18 heavy (non-hydrogen) atoms. The molecule has 1 aromatic heterocycles. The average molecular weight is 430 g/mol. The molecule has 1 amide bonds. The summed E-state index contributed by atoms with van der Waals surface area (Å²) in [6.07, 6.45) is 0. The maximum atomic E-state index is 12.0. The predicted molar refractivity (Wildman–Crippen MR) is 84.1 cm³/mol. The zero-order valence-corrected chi connectivity index (χ0v) is 14.1. The van der Waals surface area contributed by atoms with Crippen molar-refractivity contribution in [1.82, 2.24) is 0 Å². The number of hydrogen-bond acceptors (Lipinski definition) is 2. The summed E-state index contributed by atoms with van der Waals surface area (Å²) < 4.78 is 1.64. The molecule has 1 N–H and O–H groups in total. The van der Waals surface area contributed by atoms with Gasteiger partial charge in [0.05, 0.1) is 23.8 Å². The summed E-state index contributed by atoms with van der Waals surface area (Å²) in [5.41, 5.74) is 1.08. The van der Waals surface area contributed by atoms with Crippen LogP contribution >= 0.6 is 66.4 Å². The summed E-state index contributed by atoms with van der Waals surface area (Å²) in [7, 11) is 0. The predicted octanol–water partition coefficient (Wildman–Crippen LogP) is 5.83. The van der Waals surface area contributed by atoms with E-state index in [1.54, 1.807) is 24.3 Å². The molecule has 1 aromatic carbocycles. The van der Waals surface area contributed by atoms with Gasteiger partial charge in [-0.25, -0.2) is 0 Å². The van der Waals surface area contributed by atoms with Crippen LogP contribution in [-0.2, 0) is 0 Å². The molecular formula is C11H5Br2Cl2NOS. The van der Waals surface area contributed by atoms with Gasteiger partial charge in [0.2, 0.25) is 0 Å². The minimum atomic E-state index is -0.229. The smallest absolute Gasteiger partial charge is 0.257 e. The van der Waals surface area contributed by atoms with Gasteiger partial charge in [-0.1, -0.05) is 23.2 Å². The van der Waals surface area contributed by atoms with Crippen LogP contribution in [0.2, 0.25) is 10.0 Å². The molecule has 0 radical (unpaired) electrons. The highest BCUT2D eigenvalue weighted by Crippen LogP contribution is 2.33. The van der Waals surface area contributed by atoms with Crippen LogP contribution in [0.15, 0.2) is 31.8 Å². The molecule has 0 bridgehead atoms. The average Bonchev–Trinajstić information content (AvgIpc) is 2.62. The van der Waals surface area contributed by atoms with E-state index < -0.39 is 0 Å². The third kappa shape index (κ3) is 3.27. The molecule has 0 aliphatic carbocycles. The molecule has 2 nitrogen and oxygen atoms in total. The molecule has 2 rings (SSSR count). The van der Waals surface area contributed by atoms with Crippen molar-refractivity contribution in [3.63, 3.8) is 0 Å². The largest absolute Gasteiger partial charge is 0.321 e. The van der Waals surface area contributed by atoms with Gasteiger partial charge >= 0.3 is 0 Å². The van der Waals surface area contributed by atoms with Crippen molar-refractivity contribution in [2.45, 2.75) is 0 Å². The lowest BCUT2D eigenvalue weighted by Crippen LogP contribution is -2.11.